The van der Waals surface area contributed by atoms with Crippen molar-refractivity contribution in [3.63, 3.8) is 0 Å². The Kier molecular flexibility index (Phi) is 5.35. The number of hydrogen-bond donors (Lipinski definition) is 1. The highest BCUT2D eigenvalue weighted by atomic mass is 32.2. The Bertz CT molecular complexity index is 599. The van der Waals surface area contributed by atoms with Gasteiger partial charge in [0.2, 0.25) is 0 Å². The lowest BCUT2D eigenvalue weighted by Gasteiger charge is -2.54. The molecule has 1 N–H and O–H groups in total. The first kappa shape index (κ1) is 19.1. The van der Waals surface area contributed by atoms with E-state index in [1.807, 2.05) is 0 Å². The van der Waals surface area contributed by atoms with Crippen molar-refractivity contribution >= 4 is 9.84 Å². The quantitative estimate of drug-likeness (QED) is 0.571. The molecule has 150 valence electrons. The highest BCUT2D eigenvalue weighted by Crippen LogP contribution is 2.52. The van der Waals surface area contributed by atoms with E-state index in [0.717, 1.165) is 12.8 Å². The predicted octanol–water partition coefficient (Wildman–Crippen LogP) is 1.94. The van der Waals surface area contributed by atoms with E-state index in [-0.39, 0.29) is 17.7 Å². The van der Waals surface area contributed by atoms with E-state index < -0.39 is 22.4 Å². The highest BCUT2D eigenvalue weighted by Gasteiger charge is 2.53. The van der Waals surface area contributed by atoms with E-state index in [2.05, 4.69) is 23.6 Å². The van der Waals surface area contributed by atoms with Gasteiger partial charge in [-0.2, -0.15) is 0 Å². The van der Waals surface area contributed by atoms with Gasteiger partial charge in [-0.1, -0.05) is 20.3 Å². The molecule has 3 heterocycles. The number of sulfone groups is 1. The molecule has 1 aliphatic carbocycles. The van der Waals surface area contributed by atoms with Crippen molar-refractivity contribution in [1.82, 2.24) is 4.90 Å². The van der Waals surface area contributed by atoms with Crippen molar-refractivity contribution in [3.05, 3.63) is 0 Å². The lowest BCUT2D eigenvalue weighted by atomic mass is 9.61. The van der Waals surface area contributed by atoms with E-state index in [9.17, 15) is 13.7 Å². The highest BCUT2D eigenvalue weighted by molar-refractivity contribution is 7.91. The summed E-state index contributed by atoms with van der Waals surface area (Å²) in [4.78, 5) is 6.71. The largest absolute Gasteiger partial charge is 0.334 e. The summed E-state index contributed by atoms with van der Waals surface area (Å²) >= 11 is 0. The standard InChI is InChI=1S/C18H31NO6S/c1-11-3-4-14-12(2)17(19-7-9-26(21,22)10-8-19)24-18-16(14)13(11)5-6-15(23-18)25-20/h11-18,20H,3-10H2,1-2H3/t11-,12-,13?,14+,15-,16?,17?,18+/m1/s1. The molecule has 4 fully saturated rings. The summed E-state index contributed by atoms with van der Waals surface area (Å²) < 4.78 is 36.0. The van der Waals surface area contributed by atoms with Crippen LogP contribution in [0.15, 0.2) is 0 Å². The Hall–Kier alpha value is -0.250. The second-order valence-corrected chi connectivity index (χ2v) is 11.0. The third-order valence-corrected chi connectivity index (χ3v) is 8.88. The van der Waals surface area contributed by atoms with E-state index in [0.29, 0.717) is 49.1 Å². The Morgan fingerprint density at radius 3 is 2.38 bits per heavy atom. The van der Waals surface area contributed by atoms with Crippen molar-refractivity contribution in [2.24, 2.45) is 29.6 Å². The zero-order chi connectivity index (χ0) is 18.5. The van der Waals surface area contributed by atoms with E-state index in [1.54, 1.807) is 0 Å². The molecule has 0 bridgehead atoms. The molecule has 0 spiro atoms. The van der Waals surface area contributed by atoms with Crippen molar-refractivity contribution in [3.8, 4) is 0 Å². The summed E-state index contributed by atoms with van der Waals surface area (Å²) in [7, 11) is -2.92. The van der Waals surface area contributed by atoms with Gasteiger partial charge in [0.15, 0.2) is 22.4 Å². The van der Waals surface area contributed by atoms with Crippen LogP contribution in [0.5, 0.6) is 0 Å². The van der Waals surface area contributed by atoms with Crippen LogP contribution in [-0.4, -0.2) is 62.0 Å². The van der Waals surface area contributed by atoms with Gasteiger partial charge in [-0.25, -0.2) is 18.6 Å². The maximum absolute atomic E-state index is 11.8. The van der Waals surface area contributed by atoms with Crippen molar-refractivity contribution in [2.45, 2.75) is 58.3 Å². The molecule has 1 saturated carbocycles. The average Bonchev–Trinajstić information content (AvgIpc) is 2.80. The molecule has 26 heavy (non-hydrogen) atoms. The summed E-state index contributed by atoms with van der Waals surface area (Å²) in [6.07, 6.45) is 2.83. The van der Waals surface area contributed by atoms with Crippen LogP contribution in [0.25, 0.3) is 0 Å². The minimum absolute atomic E-state index is 0.136. The first-order chi connectivity index (χ1) is 12.4. The summed E-state index contributed by atoms with van der Waals surface area (Å²) in [6, 6.07) is 0. The normalized spacial score (nSPS) is 49.2. The van der Waals surface area contributed by atoms with Gasteiger partial charge >= 0.3 is 0 Å². The third-order valence-electron chi connectivity index (χ3n) is 7.27. The molecule has 3 aliphatic heterocycles. The SMILES string of the molecule is C[C@@H]1CC[C@@H]2C3C1CC[C@@H](OO)O[C@H]3OC(N1CCS(=O)(=O)CC1)[C@@H]2C. The Morgan fingerprint density at radius 2 is 1.69 bits per heavy atom. The number of hydrogen-bond acceptors (Lipinski definition) is 7. The minimum Gasteiger partial charge on any atom is -0.334 e. The van der Waals surface area contributed by atoms with Crippen LogP contribution in [0.4, 0.5) is 0 Å². The smallest absolute Gasteiger partial charge is 0.193 e. The average molecular weight is 390 g/mol. The minimum atomic E-state index is -2.92. The summed E-state index contributed by atoms with van der Waals surface area (Å²) in [6.45, 7) is 5.58. The lowest BCUT2D eigenvalue weighted by molar-refractivity contribution is -0.396. The van der Waals surface area contributed by atoms with E-state index >= 15 is 0 Å². The van der Waals surface area contributed by atoms with Gasteiger partial charge in [0.1, 0.15) is 6.23 Å². The van der Waals surface area contributed by atoms with Gasteiger partial charge in [-0.05, 0) is 36.5 Å². The molecular weight excluding hydrogens is 358 g/mol. The number of rotatable bonds is 2. The van der Waals surface area contributed by atoms with Gasteiger partial charge < -0.3 is 9.47 Å². The van der Waals surface area contributed by atoms with Crippen LogP contribution in [0.1, 0.15) is 39.5 Å². The van der Waals surface area contributed by atoms with Crippen LogP contribution in [-0.2, 0) is 24.2 Å². The summed E-state index contributed by atoms with van der Waals surface area (Å²) in [5.41, 5.74) is 0. The monoisotopic (exact) mass is 389 g/mol. The second kappa shape index (κ2) is 7.29. The van der Waals surface area contributed by atoms with Crippen LogP contribution in [0.3, 0.4) is 0 Å². The molecule has 8 heteroatoms. The maximum Gasteiger partial charge on any atom is 0.193 e. The molecule has 4 aliphatic rings. The molecule has 3 saturated heterocycles. The number of ether oxygens (including phenoxy) is 2. The molecule has 7 nitrogen and oxygen atoms in total. The van der Waals surface area contributed by atoms with Gasteiger partial charge in [-0.3, -0.25) is 4.90 Å². The zero-order valence-corrected chi connectivity index (χ0v) is 16.4. The Morgan fingerprint density at radius 1 is 1.00 bits per heavy atom. The van der Waals surface area contributed by atoms with Gasteiger partial charge in [-0.15, -0.1) is 0 Å². The van der Waals surface area contributed by atoms with E-state index in [1.165, 1.54) is 6.42 Å². The molecule has 0 radical (unpaired) electrons. The molecule has 0 aromatic carbocycles. The molecule has 0 amide bonds. The fourth-order valence-electron chi connectivity index (χ4n) is 5.76. The number of nitrogens with zero attached hydrogens (tertiary/aromatic N) is 1. The van der Waals surface area contributed by atoms with Crippen LogP contribution < -0.4 is 0 Å². The maximum atomic E-state index is 11.8. The van der Waals surface area contributed by atoms with Crippen LogP contribution >= 0.6 is 0 Å². The van der Waals surface area contributed by atoms with Crippen molar-refractivity contribution in [1.29, 1.82) is 0 Å². The Balaban J connectivity index is 1.57. The topological polar surface area (TPSA) is 85.3 Å². The zero-order valence-electron chi connectivity index (χ0n) is 15.6. The molecule has 0 aromatic rings. The van der Waals surface area contributed by atoms with Crippen LogP contribution in [0, 0.1) is 29.6 Å². The molecule has 8 atom stereocenters. The molecule has 3 unspecified atom stereocenters. The van der Waals surface area contributed by atoms with Crippen molar-refractivity contribution < 1.29 is 28.0 Å². The second-order valence-electron chi connectivity index (χ2n) is 8.65. The fraction of sp³-hybridized carbons (Fsp3) is 1.00. The summed E-state index contributed by atoms with van der Waals surface area (Å²) in [5, 5.41) is 9.18. The van der Waals surface area contributed by atoms with Gasteiger partial charge in [0.05, 0.1) is 11.5 Å². The van der Waals surface area contributed by atoms with Gasteiger partial charge in [0, 0.05) is 25.4 Å². The predicted molar refractivity (Wildman–Crippen MR) is 94.7 cm³/mol. The lowest BCUT2D eigenvalue weighted by Crippen LogP contribution is -2.60. The molecular formula is C18H31NO6S. The molecule has 4 rings (SSSR count). The van der Waals surface area contributed by atoms with Crippen LogP contribution in [0.2, 0.25) is 0 Å². The van der Waals surface area contributed by atoms with Crippen molar-refractivity contribution in [2.75, 3.05) is 24.6 Å². The Labute approximate surface area is 155 Å². The first-order valence-corrected chi connectivity index (χ1v) is 11.8. The van der Waals surface area contributed by atoms with Gasteiger partial charge in [0.25, 0.3) is 0 Å². The summed E-state index contributed by atoms with van der Waals surface area (Å²) in [5.74, 6) is 2.68. The third kappa shape index (κ3) is 3.44. The van der Waals surface area contributed by atoms with E-state index in [4.69, 9.17) is 9.47 Å². The first-order valence-electron chi connectivity index (χ1n) is 9.95. The molecule has 0 aromatic heterocycles. The fourth-order valence-corrected chi connectivity index (χ4v) is 6.99.